The van der Waals surface area contributed by atoms with Crippen LogP contribution in [0.2, 0.25) is 0 Å². The van der Waals surface area contributed by atoms with E-state index < -0.39 is 0 Å². The first-order valence-corrected chi connectivity index (χ1v) is 3.58. The Morgan fingerprint density at radius 3 is 3.18 bits per heavy atom. The number of hydrogen-bond acceptors (Lipinski definition) is 3. The third-order valence-corrected chi connectivity index (χ3v) is 1.38. The van der Waals surface area contributed by atoms with Crippen LogP contribution in [0.15, 0.2) is 6.20 Å². The van der Waals surface area contributed by atoms with E-state index in [2.05, 4.69) is 9.97 Å². The van der Waals surface area contributed by atoms with E-state index in [9.17, 15) is 0 Å². The summed E-state index contributed by atoms with van der Waals surface area (Å²) in [5.74, 6) is 0.857. The first-order chi connectivity index (χ1) is 5.36. The van der Waals surface area contributed by atoms with Gasteiger partial charge in [-0.3, -0.25) is 0 Å². The lowest BCUT2D eigenvalue weighted by Crippen LogP contribution is -2.02. The van der Waals surface area contributed by atoms with Gasteiger partial charge >= 0.3 is 0 Å². The summed E-state index contributed by atoms with van der Waals surface area (Å²) in [6, 6.07) is 0. The zero-order valence-electron chi connectivity index (χ0n) is 6.63. The molecule has 0 aliphatic rings. The van der Waals surface area contributed by atoms with Crippen molar-refractivity contribution in [2.24, 2.45) is 5.73 Å². The number of nitrogens with one attached hydrogen (secondary N) is 1. The van der Waals surface area contributed by atoms with Crippen molar-refractivity contribution in [3.8, 4) is 0 Å². The minimum Gasteiger partial charge on any atom is -0.377 e. The summed E-state index contributed by atoms with van der Waals surface area (Å²) in [6.07, 6.45) is 2.64. The lowest BCUT2D eigenvalue weighted by molar-refractivity contribution is 0.178. The van der Waals surface area contributed by atoms with E-state index in [1.165, 1.54) is 0 Å². The third kappa shape index (κ3) is 2.32. The molecule has 0 amide bonds. The number of H-pyrrole nitrogens is 1. The Kier molecular flexibility index (Phi) is 3.07. The summed E-state index contributed by atoms with van der Waals surface area (Å²) >= 11 is 0. The van der Waals surface area contributed by atoms with Gasteiger partial charge in [0.1, 0.15) is 12.4 Å². The quantitative estimate of drug-likeness (QED) is 0.646. The highest BCUT2D eigenvalue weighted by molar-refractivity contribution is 5.00. The lowest BCUT2D eigenvalue weighted by Gasteiger charge is -1.92. The molecule has 62 valence electrons. The molecule has 4 heteroatoms. The van der Waals surface area contributed by atoms with E-state index in [4.69, 9.17) is 10.5 Å². The molecule has 0 atom stereocenters. The van der Waals surface area contributed by atoms with Crippen molar-refractivity contribution in [2.75, 3.05) is 13.7 Å². The number of ether oxygens (including phenoxy) is 1. The summed E-state index contributed by atoms with van der Waals surface area (Å²) in [7, 11) is 1.64. The van der Waals surface area contributed by atoms with Crippen LogP contribution in [0.25, 0.3) is 0 Å². The van der Waals surface area contributed by atoms with Crippen LogP contribution in [-0.2, 0) is 17.8 Å². The van der Waals surface area contributed by atoms with Crippen LogP contribution in [0, 0.1) is 0 Å². The van der Waals surface area contributed by atoms with E-state index in [0.29, 0.717) is 13.2 Å². The molecule has 3 N–H and O–H groups in total. The molecule has 0 bridgehead atoms. The number of nitrogens with zero attached hydrogens (tertiary/aromatic N) is 1. The normalized spacial score (nSPS) is 10.4. The van der Waals surface area contributed by atoms with E-state index in [1.54, 1.807) is 13.3 Å². The zero-order chi connectivity index (χ0) is 8.10. The van der Waals surface area contributed by atoms with Crippen molar-refractivity contribution in [2.45, 2.75) is 13.0 Å². The Bertz CT molecular complexity index is 189. The molecule has 0 aliphatic heterocycles. The Hall–Kier alpha value is -0.870. The van der Waals surface area contributed by atoms with Gasteiger partial charge in [0.2, 0.25) is 0 Å². The molecule has 0 aliphatic carbocycles. The molecule has 0 fully saturated rings. The van der Waals surface area contributed by atoms with Gasteiger partial charge in [0.05, 0.1) is 0 Å². The maximum Gasteiger partial charge on any atom is 0.132 e. The van der Waals surface area contributed by atoms with E-state index in [1.807, 2.05) is 0 Å². The molecule has 1 aromatic heterocycles. The summed E-state index contributed by atoms with van der Waals surface area (Å²) in [5, 5.41) is 0. The molecule has 4 nitrogen and oxygen atoms in total. The van der Waals surface area contributed by atoms with Crippen LogP contribution >= 0.6 is 0 Å². The van der Waals surface area contributed by atoms with Crippen LogP contribution in [-0.4, -0.2) is 23.6 Å². The van der Waals surface area contributed by atoms with Crippen molar-refractivity contribution in [3.63, 3.8) is 0 Å². The molecule has 0 radical (unpaired) electrons. The van der Waals surface area contributed by atoms with Gasteiger partial charge in [0.25, 0.3) is 0 Å². The number of aromatic nitrogens is 2. The second kappa shape index (κ2) is 4.10. The Balaban J connectivity index is 2.51. The average Bonchev–Trinajstić information content (AvgIpc) is 2.38. The highest BCUT2D eigenvalue weighted by Crippen LogP contribution is 1.97. The fourth-order valence-corrected chi connectivity index (χ4v) is 0.898. The second-order valence-corrected chi connectivity index (χ2v) is 2.33. The minimum absolute atomic E-state index is 0.532. The Morgan fingerprint density at radius 2 is 2.55 bits per heavy atom. The Labute approximate surface area is 65.8 Å². The summed E-state index contributed by atoms with van der Waals surface area (Å²) in [5.41, 5.74) is 6.43. The first-order valence-electron chi connectivity index (χ1n) is 3.58. The molecule has 11 heavy (non-hydrogen) atoms. The first kappa shape index (κ1) is 8.23. The number of aromatic amines is 1. The largest absolute Gasteiger partial charge is 0.377 e. The topological polar surface area (TPSA) is 63.9 Å². The van der Waals surface area contributed by atoms with Crippen molar-refractivity contribution in [1.82, 2.24) is 9.97 Å². The smallest absolute Gasteiger partial charge is 0.132 e. The van der Waals surface area contributed by atoms with Crippen LogP contribution < -0.4 is 5.73 Å². The number of hydrogen-bond donors (Lipinski definition) is 2. The summed E-state index contributed by atoms with van der Waals surface area (Å²) in [4.78, 5) is 7.19. The van der Waals surface area contributed by atoms with Crippen LogP contribution in [0.4, 0.5) is 0 Å². The SMILES string of the molecule is COCc1ncc(CCN)[nH]1. The van der Waals surface area contributed by atoms with Crippen LogP contribution in [0.1, 0.15) is 11.5 Å². The van der Waals surface area contributed by atoms with Gasteiger partial charge in [0, 0.05) is 25.4 Å². The fourth-order valence-electron chi connectivity index (χ4n) is 0.898. The summed E-state index contributed by atoms with van der Waals surface area (Å²) < 4.78 is 4.89. The molecule has 1 aromatic rings. The van der Waals surface area contributed by atoms with Crippen molar-refractivity contribution in [3.05, 3.63) is 17.7 Å². The predicted molar refractivity (Wildman–Crippen MR) is 42.1 cm³/mol. The van der Waals surface area contributed by atoms with Crippen molar-refractivity contribution >= 4 is 0 Å². The third-order valence-electron chi connectivity index (χ3n) is 1.38. The van der Waals surface area contributed by atoms with E-state index >= 15 is 0 Å². The molecule has 0 saturated heterocycles. The molecular weight excluding hydrogens is 142 g/mol. The predicted octanol–water partition coefficient (Wildman–Crippen LogP) is 0.0573. The molecule has 1 rings (SSSR count). The molecule has 0 spiro atoms. The monoisotopic (exact) mass is 155 g/mol. The van der Waals surface area contributed by atoms with Crippen molar-refractivity contribution < 1.29 is 4.74 Å². The maximum absolute atomic E-state index is 5.36. The molecule has 0 unspecified atom stereocenters. The Morgan fingerprint density at radius 1 is 1.73 bits per heavy atom. The number of nitrogens with two attached hydrogens (primary N) is 1. The summed E-state index contributed by atoms with van der Waals surface area (Å²) in [6.45, 7) is 1.18. The van der Waals surface area contributed by atoms with Gasteiger partial charge in [0.15, 0.2) is 0 Å². The number of methoxy groups -OCH3 is 1. The maximum atomic E-state index is 5.36. The molecule has 0 aromatic carbocycles. The molecule has 1 heterocycles. The fraction of sp³-hybridized carbons (Fsp3) is 0.571. The van der Waals surface area contributed by atoms with Gasteiger partial charge in [-0.2, -0.15) is 0 Å². The lowest BCUT2D eigenvalue weighted by atomic mass is 10.3. The highest BCUT2D eigenvalue weighted by atomic mass is 16.5. The number of imidazole rings is 1. The average molecular weight is 155 g/mol. The zero-order valence-corrected chi connectivity index (χ0v) is 6.63. The van der Waals surface area contributed by atoms with E-state index in [-0.39, 0.29) is 0 Å². The minimum atomic E-state index is 0.532. The van der Waals surface area contributed by atoms with Crippen LogP contribution in [0.5, 0.6) is 0 Å². The van der Waals surface area contributed by atoms with Gasteiger partial charge in [-0.1, -0.05) is 0 Å². The van der Waals surface area contributed by atoms with Gasteiger partial charge < -0.3 is 15.5 Å². The van der Waals surface area contributed by atoms with Gasteiger partial charge in [-0.05, 0) is 6.54 Å². The standard InChI is InChI=1S/C7H13N3O/c1-11-5-7-9-4-6(10-7)2-3-8/h4H,2-3,5,8H2,1H3,(H,9,10). The second-order valence-electron chi connectivity index (χ2n) is 2.33. The number of rotatable bonds is 4. The van der Waals surface area contributed by atoms with E-state index in [0.717, 1.165) is 17.9 Å². The highest BCUT2D eigenvalue weighted by Gasteiger charge is 1.97. The van der Waals surface area contributed by atoms with Crippen LogP contribution in [0.3, 0.4) is 0 Å². The molecule has 0 saturated carbocycles. The molecular formula is C7H13N3O. The van der Waals surface area contributed by atoms with Gasteiger partial charge in [-0.15, -0.1) is 0 Å². The van der Waals surface area contributed by atoms with Crippen molar-refractivity contribution in [1.29, 1.82) is 0 Å². The van der Waals surface area contributed by atoms with Gasteiger partial charge in [-0.25, -0.2) is 4.98 Å².